The van der Waals surface area contributed by atoms with Gasteiger partial charge in [-0.15, -0.1) is 10.2 Å². The number of nitrogens with zero attached hydrogens (tertiary/aromatic N) is 3. The van der Waals surface area contributed by atoms with E-state index in [-0.39, 0.29) is 0 Å². The van der Waals surface area contributed by atoms with Gasteiger partial charge in [-0.3, -0.25) is 0 Å². The lowest BCUT2D eigenvalue weighted by Crippen LogP contribution is -1.82. The molecule has 0 aliphatic carbocycles. The van der Waals surface area contributed by atoms with E-state index in [1.54, 1.807) is 18.3 Å². The minimum Gasteiger partial charge on any atom is -0.226 e. The molecule has 6 heteroatoms. The van der Waals surface area contributed by atoms with Crippen molar-refractivity contribution in [3.05, 3.63) is 38.8 Å². The molecule has 0 bridgehead atoms. The average Bonchev–Trinajstić information content (AvgIpc) is 2.83. The SMILES string of the molecule is CCCCc1nnc(N=Cc2ccc(Cl)cc2Cl)s1. The van der Waals surface area contributed by atoms with E-state index in [4.69, 9.17) is 23.2 Å². The van der Waals surface area contributed by atoms with Crippen molar-refractivity contribution in [3.63, 3.8) is 0 Å². The second kappa shape index (κ2) is 6.98. The summed E-state index contributed by atoms with van der Waals surface area (Å²) in [6, 6.07) is 5.30. The molecule has 2 rings (SSSR count). The highest BCUT2D eigenvalue weighted by atomic mass is 35.5. The standard InChI is InChI=1S/C13H13Cl2N3S/c1-2-3-4-12-17-18-13(19-12)16-8-9-5-6-10(14)7-11(9)15/h5-8H,2-4H2,1H3. The second-order valence-corrected chi connectivity index (χ2v) is 5.89. The zero-order valence-electron chi connectivity index (χ0n) is 10.4. The van der Waals surface area contributed by atoms with Crippen molar-refractivity contribution in [1.82, 2.24) is 10.2 Å². The topological polar surface area (TPSA) is 38.1 Å². The first-order valence-corrected chi connectivity index (χ1v) is 7.58. The number of halogens is 2. The second-order valence-electron chi connectivity index (χ2n) is 4.01. The first kappa shape index (κ1) is 14.4. The molecule has 0 amide bonds. The van der Waals surface area contributed by atoms with Crippen molar-refractivity contribution in [2.45, 2.75) is 26.2 Å². The number of benzene rings is 1. The van der Waals surface area contributed by atoms with E-state index in [9.17, 15) is 0 Å². The maximum Gasteiger partial charge on any atom is 0.231 e. The van der Waals surface area contributed by atoms with Crippen LogP contribution in [0.25, 0.3) is 0 Å². The summed E-state index contributed by atoms with van der Waals surface area (Å²) in [7, 11) is 0. The highest BCUT2D eigenvalue weighted by Crippen LogP contribution is 2.22. The fraction of sp³-hybridized carbons (Fsp3) is 0.308. The summed E-state index contributed by atoms with van der Waals surface area (Å²) in [6.07, 6.45) is 4.92. The third-order valence-electron chi connectivity index (χ3n) is 2.48. The summed E-state index contributed by atoms with van der Waals surface area (Å²) in [5.41, 5.74) is 0.816. The van der Waals surface area contributed by atoms with Gasteiger partial charge in [0.15, 0.2) is 0 Å². The molecule has 100 valence electrons. The van der Waals surface area contributed by atoms with Gasteiger partial charge in [0.05, 0.1) is 5.02 Å². The predicted molar refractivity (Wildman–Crippen MR) is 82.2 cm³/mol. The Morgan fingerprint density at radius 2 is 2.16 bits per heavy atom. The maximum atomic E-state index is 6.06. The van der Waals surface area contributed by atoms with E-state index in [1.165, 1.54) is 11.3 Å². The fourth-order valence-electron chi connectivity index (χ4n) is 1.46. The van der Waals surface area contributed by atoms with E-state index in [1.807, 2.05) is 6.07 Å². The average molecular weight is 314 g/mol. The molecule has 0 N–H and O–H groups in total. The van der Waals surface area contributed by atoms with Crippen LogP contribution >= 0.6 is 34.5 Å². The van der Waals surface area contributed by atoms with Gasteiger partial charge >= 0.3 is 0 Å². The lowest BCUT2D eigenvalue weighted by atomic mass is 10.2. The van der Waals surface area contributed by atoms with Crippen LogP contribution in [0, 0.1) is 0 Å². The lowest BCUT2D eigenvalue weighted by molar-refractivity contribution is 0.779. The quantitative estimate of drug-likeness (QED) is 0.733. The number of aliphatic imine (C=N–C) groups is 1. The van der Waals surface area contributed by atoms with Crippen LogP contribution in [0.1, 0.15) is 30.3 Å². The lowest BCUT2D eigenvalue weighted by Gasteiger charge is -1.96. The van der Waals surface area contributed by atoms with Crippen molar-refractivity contribution in [3.8, 4) is 0 Å². The number of unbranched alkanes of at least 4 members (excludes halogenated alkanes) is 1. The zero-order chi connectivity index (χ0) is 13.7. The fourth-order valence-corrected chi connectivity index (χ4v) is 2.64. The van der Waals surface area contributed by atoms with Crippen molar-refractivity contribution in [1.29, 1.82) is 0 Å². The number of hydrogen-bond donors (Lipinski definition) is 0. The van der Waals surface area contributed by atoms with E-state index >= 15 is 0 Å². The molecule has 0 saturated carbocycles. The van der Waals surface area contributed by atoms with Gasteiger partial charge in [0.2, 0.25) is 5.13 Å². The minimum atomic E-state index is 0.576. The molecule has 0 atom stereocenters. The van der Waals surface area contributed by atoms with Crippen LogP contribution in [0.5, 0.6) is 0 Å². The van der Waals surface area contributed by atoms with Crippen LogP contribution in [0.3, 0.4) is 0 Å². The smallest absolute Gasteiger partial charge is 0.226 e. The van der Waals surface area contributed by atoms with Crippen molar-refractivity contribution in [2.75, 3.05) is 0 Å². The first-order valence-electron chi connectivity index (χ1n) is 6.00. The number of rotatable bonds is 5. The third kappa shape index (κ3) is 4.27. The Balaban J connectivity index is 2.07. The largest absolute Gasteiger partial charge is 0.231 e. The van der Waals surface area contributed by atoms with Crippen molar-refractivity contribution < 1.29 is 0 Å². The van der Waals surface area contributed by atoms with Crippen LogP contribution in [0.4, 0.5) is 5.13 Å². The van der Waals surface area contributed by atoms with E-state index in [2.05, 4.69) is 22.1 Å². The monoisotopic (exact) mass is 313 g/mol. The molecular formula is C13H13Cl2N3S. The number of aryl methyl sites for hydroxylation is 1. The Morgan fingerprint density at radius 1 is 1.32 bits per heavy atom. The summed E-state index contributed by atoms with van der Waals surface area (Å²) in [6.45, 7) is 2.16. The number of hydrogen-bond acceptors (Lipinski definition) is 4. The molecule has 0 spiro atoms. The molecule has 0 aliphatic rings. The molecule has 1 aromatic heterocycles. The molecule has 0 saturated heterocycles. The van der Waals surface area contributed by atoms with Gasteiger partial charge in [-0.2, -0.15) is 0 Å². The van der Waals surface area contributed by atoms with E-state index < -0.39 is 0 Å². The Labute approximate surface area is 126 Å². The van der Waals surface area contributed by atoms with Crippen LogP contribution in [0.2, 0.25) is 10.0 Å². The Morgan fingerprint density at radius 3 is 2.89 bits per heavy atom. The van der Waals surface area contributed by atoms with Crippen molar-refractivity contribution >= 4 is 45.9 Å². The highest BCUT2D eigenvalue weighted by molar-refractivity contribution is 7.14. The predicted octanol–water partition coefficient (Wildman–Crippen LogP) is 4.94. The molecule has 0 unspecified atom stereocenters. The summed E-state index contributed by atoms with van der Waals surface area (Å²) in [5, 5.41) is 11.0. The Hall–Kier alpha value is -0.970. The first-order chi connectivity index (χ1) is 9.19. The molecule has 0 aliphatic heterocycles. The summed E-state index contributed by atoms with van der Waals surface area (Å²) in [5.74, 6) is 0. The van der Waals surface area contributed by atoms with Gasteiger partial charge in [-0.05, 0) is 18.6 Å². The molecule has 2 aromatic rings. The zero-order valence-corrected chi connectivity index (χ0v) is 12.8. The summed E-state index contributed by atoms with van der Waals surface area (Å²) >= 11 is 13.4. The molecule has 1 aromatic carbocycles. The molecule has 0 fully saturated rings. The van der Waals surface area contributed by atoms with E-state index in [0.29, 0.717) is 15.2 Å². The molecule has 19 heavy (non-hydrogen) atoms. The van der Waals surface area contributed by atoms with Gasteiger partial charge in [-0.1, -0.05) is 53.9 Å². The summed E-state index contributed by atoms with van der Waals surface area (Å²) < 4.78 is 0. The highest BCUT2D eigenvalue weighted by Gasteiger charge is 2.03. The third-order valence-corrected chi connectivity index (χ3v) is 3.93. The van der Waals surface area contributed by atoms with Gasteiger partial charge < -0.3 is 0 Å². The molecular weight excluding hydrogens is 301 g/mol. The molecule has 3 nitrogen and oxygen atoms in total. The number of aromatic nitrogens is 2. The summed E-state index contributed by atoms with van der Waals surface area (Å²) in [4.78, 5) is 4.29. The van der Waals surface area contributed by atoms with E-state index in [0.717, 1.165) is 29.8 Å². The van der Waals surface area contributed by atoms with Crippen LogP contribution in [-0.4, -0.2) is 16.4 Å². The van der Waals surface area contributed by atoms with Gasteiger partial charge in [-0.25, -0.2) is 4.99 Å². The minimum absolute atomic E-state index is 0.576. The molecule has 0 radical (unpaired) electrons. The Kier molecular flexibility index (Phi) is 5.31. The van der Waals surface area contributed by atoms with Gasteiger partial charge in [0.25, 0.3) is 0 Å². The van der Waals surface area contributed by atoms with Crippen molar-refractivity contribution in [2.24, 2.45) is 4.99 Å². The maximum absolute atomic E-state index is 6.06. The van der Waals surface area contributed by atoms with Gasteiger partial charge in [0.1, 0.15) is 5.01 Å². The Bertz CT molecular complexity index is 581. The molecule has 1 heterocycles. The van der Waals surface area contributed by atoms with Gasteiger partial charge in [0, 0.05) is 23.2 Å². The van der Waals surface area contributed by atoms with Crippen LogP contribution in [-0.2, 0) is 6.42 Å². The van der Waals surface area contributed by atoms with Crippen LogP contribution in [0.15, 0.2) is 23.2 Å². The normalized spacial score (nSPS) is 11.3. The van der Waals surface area contributed by atoms with Crippen LogP contribution < -0.4 is 0 Å².